The van der Waals surface area contributed by atoms with Crippen molar-refractivity contribution >= 4 is 5.91 Å². The first-order valence-corrected chi connectivity index (χ1v) is 5.53. The van der Waals surface area contributed by atoms with Crippen molar-refractivity contribution in [2.75, 3.05) is 6.54 Å². The third kappa shape index (κ3) is 2.45. The number of carbonyl (C=O) groups excluding carboxylic acids is 1. The van der Waals surface area contributed by atoms with Gasteiger partial charge in [0.1, 0.15) is 5.82 Å². The summed E-state index contributed by atoms with van der Waals surface area (Å²) < 4.78 is 0. The van der Waals surface area contributed by atoms with Gasteiger partial charge in [-0.3, -0.25) is 4.79 Å². The van der Waals surface area contributed by atoms with Crippen LogP contribution in [0.5, 0.6) is 0 Å². The first-order chi connectivity index (χ1) is 7.79. The minimum atomic E-state index is -0.152. The Labute approximate surface area is 94.8 Å². The molecule has 0 bridgehead atoms. The van der Waals surface area contributed by atoms with Gasteiger partial charge in [0.15, 0.2) is 0 Å². The van der Waals surface area contributed by atoms with Crippen LogP contribution in [0.3, 0.4) is 0 Å². The summed E-state index contributed by atoms with van der Waals surface area (Å²) in [5.41, 5.74) is 2.46. The summed E-state index contributed by atoms with van der Waals surface area (Å²) in [5, 5.41) is 2.71. The molecule has 1 N–H and O–H groups in total. The summed E-state index contributed by atoms with van der Waals surface area (Å²) in [4.78, 5) is 19.7. The van der Waals surface area contributed by atoms with Crippen LogP contribution >= 0.6 is 0 Å². The lowest BCUT2D eigenvalue weighted by molar-refractivity contribution is -0.116. The Hall–Kier alpha value is -1.71. The Morgan fingerprint density at radius 3 is 3.25 bits per heavy atom. The second-order valence-electron chi connectivity index (χ2n) is 3.86. The van der Waals surface area contributed by atoms with E-state index in [9.17, 15) is 4.79 Å². The van der Waals surface area contributed by atoms with Crippen molar-refractivity contribution in [3.05, 3.63) is 35.9 Å². The van der Waals surface area contributed by atoms with Gasteiger partial charge in [0.05, 0.1) is 0 Å². The molecule has 0 aliphatic heterocycles. The van der Waals surface area contributed by atoms with Gasteiger partial charge in [0.2, 0.25) is 5.91 Å². The van der Waals surface area contributed by atoms with Crippen LogP contribution in [0.1, 0.15) is 23.5 Å². The number of nitrogens with one attached hydrogen (secondary N) is 1. The molecule has 1 aliphatic rings. The smallest absolute Gasteiger partial charge is 0.243 e. The highest BCUT2D eigenvalue weighted by molar-refractivity contribution is 5.86. The Morgan fingerprint density at radius 2 is 2.44 bits per heavy atom. The number of fused-ring (bicyclic) bond motifs is 1. The second kappa shape index (κ2) is 4.88. The van der Waals surface area contributed by atoms with Crippen molar-refractivity contribution in [3.63, 3.8) is 0 Å². The van der Waals surface area contributed by atoms with Gasteiger partial charge in [0.25, 0.3) is 0 Å². The van der Waals surface area contributed by atoms with Gasteiger partial charge in [-0.2, -0.15) is 0 Å². The topological polar surface area (TPSA) is 54.9 Å². The standard InChI is InChI=1S/C12H15N3O/c1-2-12(16)13-7-6-11-14-8-9-4-3-5-10(9)15-11/h2,8H,1,3-7H2,(H,13,16). The number of amides is 1. The summed E-state index contributed by atoms with van der Waals surface area (Å²) in [5.74, 6) is 0.658. The predicted molar refractivity (Wildman–Crippen MR) is 61.0 cm³/mol. The summed E-state index contributed by atoms with van der Waals surface area (Å²) in [7, 11) is 0. The normalized spacial score (nSPS) is 13.2. The van der Waals surface area contributed by atoms with Crippen LogP contribution in [0.25, 0.3) is 0 Å². The van der Waals surface area contributed by atoms with Crippen molar-refractivity contribution in [2.24, 2.45) is 0 Å². The fourth-order valence-electron chi connectivity index (χ4n) is 1.85. The van der Waals surface area contributed by atoms with E-state index in [-0.39, 0.29) is 5.91 Å². The molecule has 0 unspecified atom stereocenters. The Kier molecular flexibility index (Phi) is 3.29. The molecule has 1 amide bonds. The number of rotatable bonds is 4. The van der Waals surface area contributed by atoms with E-state index in [1.54, 1.807) is 0 Å². The third-order valence-electron chi connectivity index (χ3n) is 2.70. The molecule has 0 fully saturated rings. The maximum Gasteiger partial charge on any atom is 0.243 e. The van der Waals surface area contributed by atoms with E-state index in [1.165, 1.54) is 23.8 Å². The number of nitrogens with zero attached hydrogens (tertiary/aromatic N) is 2. The summed E-state index contributed by atoms with van der Waals surface area (Å²) in [6.45, 7) is 3.95. The molecule has 2 rings (SSSR count). The quantitative estimate of drug-likeness (QED) is 0.759. The van der Waals surface area contributed by atoms with E-state index in [2.05, 4.69) is 21.9 Å². The maximum absolute atomic E-state index is 10.9. The fourth-order valence-corrected chi connectivity index (χ4v) is 1.85. The first-order valence-electron chi connectivity index (χ1n) is 5.53. The molecule has 16 heavy (non-hydrogen) atoms. The Balaban J connectivity index is 1.90. The van der Waals surface area contributed by atoms with Crippen molar-refractivity contribution in [1.82, 2.24) is 15.3 Å². The van der Waals surface area contributed by atoms with Crippen LogP contribution in [0.15, 0.2) is 18.9 Å². The third-order valence-corrected chi connectivity index (χ3v) is 2.70. The minimum Gasteiger partial charge on any atom is -0.352 e. The highest BCUT2D eigenvalue weighted by atomic mass is 16.1. The number of carbonyl (C=O) groups is 1. The van der Waals surface area contributed by atoms with E-state index < -0.39 is 0 Å². The number of hydrogen-bond donors (Lipinski definition) is 1. The highest BCUT2D eigenvalue weighted by Crippen LogP contribution is 2.18. The molecule has 84 valence electrons. The van der Waals surface area contributed by atoms with Crippen molar-refractivity contribution in [2.45, 2.75) is 25.7 Å². The molecule has 0 spiro atoms. The molecule has 0 atom stereocenters. The van der Waals surface area contributed by atoms with E-state index in [0.29, 0.717) is 13.0 Å². The molecule has 0 radical (unpaired) electrons. The van der Waals surface area contributed by atoms with E-state index in [1.807, 2.05) is 6.20 Å². The average Bonchev–Trinajstić information content (AvgIpc) is 2.76. The highest BCUT2D eigenvalue weighted by Gasteiger charge is 2.13. The van der Waals surface area contributed by atoms with Gasteiger partial charge in [0, 0.05) is 24.9 Å². The summed E-state index contributed by atoms with van der Waals surface area (Å²) in [6.07, 6.45) is 7.20. The van der Waals surface area contributed by atoms with Gasteiger partial charge in [-0.1, -0.05) is 6.58 Å². The zero-order chi connectivity index (χ0) is 11.4. The van der Waals surface area contributed by atoms with Crippen molar-refractivity contribution in [3.8, 4) is 0 Å². The van der Waals surface area contributed by atoms with Crippen molar-refractivity contribution < 1.29 is 4.79 Å². The lowest BCUT2D eigenvalue weighted by Crippen LogP contribution is -2.24. The van der Waals surface area contributed by atoms with Crippen molar-refractivity contribution in [1.29, 1.82) is 0 Å². The molecular weight excluding hydrogens is 202 g/mol. The number of aryl methyl sites for hydroxylation is 2. The lowest BCUT2D eigenvalue weighted by atomic mass is 10.2. The largest absolute Gasteiger partial charge is 0.352 e. The first kappa shape index (κ1) is 10.8. The minimum absolute atomic E-state index is 0.152. The van der Waals surface area contributed by atoms with E-state index in [4.69, 9.17) is 0 Å². The van der Waals surface area contributed by atoms with Crippen LogP contribution in [0.4, 0.5) is 0 Å². The van der Waals surface area contributed by atoms with Crippen LogP contribution in [-0.4, -0.2) is 22.4 Å². The van der Waals surface area contributed by atoms with Gasteiger partial charge in [-0.05, 0) is 30.9 Å². The number of hydrogen-bond acceptors (Lipinski definition) is 3. The molecule has 1 aromatic heterocycles. The van der Waals surface area contributed by atoms with E-state index >= 15 is 0 Å². The zero-order valence-electron chi connectivity index (χ0n) is 9.20. The molecule has 0 saturated carbocycles. The average molecular weight is 217 g/mol. The molecule has 4 nitrogen and oxygen atoms in total. The van der Waals surface area contributed by atoms with Crippen LogP contribution in [0.2, 0.25) is 0 Å². The Bertz CT molecular complexity index is 415. The molecular formula is C12H15N3O. The van der Waals surface area contributed by atoms with Crippen LogP contribution in [0, 0.1) is 0 Å². The molecule has 1 aliphatic carbocycles. The van der Waals surface area contributed by atoms with Gasteiger partial charge >= 0.3 is 0 Å². The van der Waals surface area contributed by atoms with Gasteiger partial charge in [-0.15, -0.1) is 0 Å². The molecule has 1 aromatic rings. The van der Waals surface area contributed by atoms with Crippen LogP contribution < -0.4 is 5.32 Å². The Morgan fingerprint density at radius 1 is 1.56 bits per heavy atom. The summed E-state index contributed by atoms with van der Waals surface area (Å²) >= 11 is 0. The predicted octanol–water partition coefficient (Wildman–Crippen LogP) is 0.810. The lowest BCUT2D eigenvalue weighted by Gasteiger charge is -2.03. The zero-order valence-corrected chi connectivity index (χ0v) is 9.20. The van der Waals surface area contributed by atoms with E-state index in [0.717, 1.165) is 18.7 Å². The maximum atomic E-state index is 10.9. The second-order valence-corrected chi connectivity index (χ2v) is 3.86. The van der Waals surface area contributed by atoms with Gasteiger partial charge < -0.3 is 5.32 Å². The molecule has 4 heteroatoms. The molecule has 1 heterocycles. The number of aromatic nitrogens is 2. The van der Waals surface area contributed by atoms with Gasteiger partial charge in [-0.25, -0.2) is 9.97 Å². The molecule has 0 aromatic carbocycles. The SMILES string of the molecule is C=CC(=O)NCCc1ncc2c(n1)CCC2. The monoisotopic (exact) mass is 217 g/mol. The fraction of sp³-hybridized carbons (Fsp3) is 0.417. The summed E-state index contributed by atoms with van der Waals surface area (Å²) in [6, 6.07) is 0. The molecule has 0 saturated heterocycles. The van der Waals surface area contributed by atoms with Crippen LogP contribution in [-0.2, 0) is 24.1 Å².